The first-order valence-electron chi connectivity index (χ1n) is 6.25. The van der Waals surface area contributed by atoms with E-state index in [-0.39, 0.29) is 0 Å². The van der Waals surface area contributed by atoms with Crippen LogP contribution in [-0.4, -0.2) is 49.1 Å². The van der Waals surface area contributed by atoms with Gasteiger partial charge in [0.25, 0.3) is 0 Å². The minimum Gasteiger partial charge on any atom is -0.304 e. The lowest BCUT2D eigenvalue weighted by Crippen LogP contribution is -2.50. The zero-order valence-corrected chi connectivity index (χ0v) is 9.28. The molecular formula is C12H22N2. The first-order chi connectivity index (χ1) is 6.83. The molecule has 0 aromatic carbocycles. The highest BCUT2D eigenvalue weighted by atomic mass is 15.3. The molecule has 80 valence electrons. The molecule has 0 spiro atoms. The van der Waals surface area contributed by atoms with Gasteiger partial charge in [-0.05, 0) is 38.1 Å². The van der Waals surface area contributed by atoms with E-state index in [4.69, 9.17) is 0 Å². The summed E-state index contributed by atoms with van der Waals surface area (Å²) < 4.78 is 0. The molecule has 0 aromatic heterocycles. The van der Waals surface area contributed by atoms with Gasteiger partial charge in [-0.25, -0.2) is 0 Å². The molecule has 3 aliphatic rings. The lowest BCUT2D eigenvalue weighted by Gasteiger charge is -2.39. The zero-order valence-electron chi connectivity index (χ0n) is 9.28. The quantitative estimate of drug-likeness (QED) is 0.623. The summed E-state index contributed by atoms with van der Waals surface area (Å²) in [5.74, 6) is 2.17. The van der Waals surface area contributed by atoms with E-state index in [1.807, 2.05) is 0 Å². The van der Waals surface area contributed by atoms with E-state index < -0.39 is 0 Å². The van der Waals surface area contributed by atoms with Crippen LogP contribution in [0.1, 0.15) is 25.7 Å². The van der Waals surface area contributed by atoms with Crippen molar-refractivity contribution in [2.24, 2.45) is 11.8 Å². The van der Waals surface area contributed by atoms with Crippen LogP contribution in [0, 0.1) is 11.8 Å². The molecule has 2 saturated carbocycles. The Morgan fingerprint density at radius 2 is 1.71 bits per heavy atom. The Kier molecular flexibility index (Phi) is 2.29. The Labute approximate surface area is 87.3 Å². The predicted molar refractivity (Wildman–Crippen MR) is 58.3 cm³/mol. The van der Waals surface area contributed by atoms with Crippen LogP contribution < -0.4 is 0 Å². The molecule has 1 heterocycles. The van der Waals surface area contributed by atoms with Gasteiger partial charge in [0, 0.05) is 32.2 Å². The van der Waals surface area contributed by atoms with Crippen molar-refractivity contribution in [2.75, 3.05) is 33.2 Å². The van der Waals surface area contributed by atoms with Gasteiger partial charge in [0.2, 0.25) is 0 Å². The molecule has 0 N–H and O–H groups in total. The molecule has 0 amide bonds. The van der Waals surface area contributed by atoms with Crippen molar-refractivity contribution in [3.8, 4) is 0 Å². The van der Waals surface area contributed by atoms with Crippen LogP contribution in [0.3, 0.4) is 0 Å². The number of nitrogens with zero attached hydrogens (tertiary/aromatic N) is 2. The van der Waals surface area contributed by atoms with E-state index >= 15 is 0 Å². The Balaban J connectivity index is 1.61. The molecule has 3 fully saturated rings. The number of hydrogen-bond acceptors (Lipinski definition) is 2. The van der Waals surface area contributed by atoms with Crippen molar-refractivity contribution < 1.29 is 0 Å². The SMILES string of the molecule is CN1CCN([C@@H]2C[C@H]3CC[C@@H]2C3)CC1. The van der Waals surface area contributed by atoms with Crippen molar-refractivity contribution in [1.82, 2.24) is 9.80 Å². The summed E-state index contributed by atoms with van der Waals surface area (Å²) in [4.78, 5) is 5.24. The van der Waals surface area contributed by atoms with Gasteiger partial charge in [0.1, 0.15) is 0 Å². The number of fused-ring (bicyclic) bond motifs is 2. The van der Waals surface area contributed by atoms with Gasteiger partial charge >= 0.3 is 0 Å². The highest BCUT2D eigenvalue weighted by molar-refractivity contribution is 4.96. The van der Waals surface area contributed by atoms with Crippen molar-refractivity contribution >= 4 is 0 Å². The first kappa shape index (κ1) is 9.17. The van der Waals surface area contributed by atoms with Gasteiger partial charge in [0.15, 0.2) is 0 Å². The predicted octanol–water partition coefficient (Wildman–Crippen LogP) is 1.42. The Hall–Kier alpha value is -0.0800. The maximum absolute atomic E-state index is 2.78. The molecule has 2 heteroatoms. The molecule has 2 nitrogen and oxygen atoms in total. The molecule has 0 aromatic rings. The maximum atomic E-state index is 2.78. The molecule has 2 aliphatic carbocycles. The van der Waals surface area contributed by atoms with Crippen LogP contribution in [0.2, 0.25) is 0 Å². The monoisotopic (exact) mass is 194 g/mol. The number of rotatable bonds is 1. The van der Waals surface area contributed by atoms with Crippen LogP contribution >= 0.6 is 0 Å². The minimum atomic E-state index is 0.974. The Bertz CT molecular complexity index is 208. The van der Waals surface area contributed by atoms with E-state index in [2.05, 4.69) is 16.8 Å². The smallest absolute Gasteiger partial charge is 0.0127 e. The minimum absolute atomic E-state index is 0.974. The second-order valence-corrected chi connectivity index (χ2v) is 5.58. The van der Waals surface area contributed by atoms with E-state index in [1.165, 1.54) is 45.4 Å². The summed E-state index contributed by atoms with van der Waals surface area (Å²) in [6.07, 6.45) is 6.14. The molecule has 0 radical (unpaired) electrons. The summed E-state index contributed by atoms with van der Waals surface area (Å²) in [6, 6.07) is 0.974. The van der Waals surface area contributed by atoms with Gasteiger partial charge in [-0.3, -0.25) is 4.90 Å². The largest absolute Gasteiger partial charge is 0.304 e. The standard InChI is InChI=1S/C12H22N2/c1-13-4-6-14(7-5-13)12-9-10-2-3-11(12)8-10/h10-12H,2-9H2,1H3/t10-,11+,12+/m0/s1. The van der Waals surface area contributed by atoms with E-state index in [0.29, 0.717) is 0 Å². The van der Waals surface area contributed by atoms with Crippen LogP contribution in [-0.2, 0) is 0 Å². The van der Waals surface area contributed by atoms with Crippen LogP contribution in [0.15, 0.2) is 0 Å². The van der Waals surface area contributed by atoms with Crippen molar-refractivity contribution in [2.45, 2.75) is 31.7 Å². The third-order valence-electron chi connectivity index (χ3n) is 4.71. The number of piperazine rings is 1. The number of hydrogen-bond donors (Lipinski definition) is 0. The van der Waals surface area contributed by atoms with Crippen molar-refractivity contribution in [3.05, 3.63) is 0 Å². The highest BCUT2D eigenvalue weighted by Crippen LogP contribution is 2.46. The maximum Gasteiger partial charge on any atom is 0.0127 e. The summed E-state index contributed by atoms with van der Waals surface area (Å²) in [5, 5.41) is 0. The number of likely N-dealkylation sites (N-methyl/N-ethyl adjacent to an activating group) is 1. The summed E-state index contributed by atoms with van der Waals surface area (Å²) >= 11 is 0. The molecule has 3 atom stereocenters. The van der Waals surface area contributed by atoms with E-state index in [9.17, 15) is 0 Å². The Morgan fingerprint density at radius 3 is 2.29 bits per heavy atom. The fourth-order valence-electron chi connectivity index (χ4n) is 3.81. The molecule has 1 saturated heterocycles. The first-order valence-corrected chi connectivity index (χ1v) is 6.25. The molecule has 2 bridgehead atoms. The summed E-state index contributed by atoms with van der Waals surface area (Å²) in [5.41, 5.74) is 0. The van der Waals surface area contributed by atoms with Gasteiger partial charge in [-0.1, -0.05) is 6.42 Å². The van der Waals surface area contributed by atoms with Gasteiger partial charge < -0.3 is 4.90 Å². The fourth-order valence-corrected chi connectivity index (χ4v) is 3.81. The summed E-state index contributed by atoms with van der Waals surface area (Å²) in [6.45, 7) is 5.22. The van der Waals surface area contributed by atoms with Crippen molar-refractivity contribution in [3.63, 3.8) is 0 Å². The second-order valence-electron chi connectivity index (χ2n) is 5.58. The topological polar surface area (TPSA) is 6.48 Å². The van der Waals surface area contributed by atoms with Gasteiger partial charge in [0.05, 0.1) is 0 Å². The van der Waals surface area contributed by atoms with Crippen LogP contribution in [0.4, 0.5) is 0 Å². The lowest BCUT2D eigenvalue weighted by molar-refractivity contribution is 0.0826. The van der Waals surface area contributed by atoms with Crippen LogP contribution in [0.5, 0.6) is 0 Å². The normalized spacial score (nSPS) is 44.8. The fraction of sp³-hybridized carbons (Fsp3) is 1.00. The molecule has 14 heavy (non-hydrogen) atoms. The third kappa shape index (κ3) is 1.49. The second kappa shape index (κ2) is 3.49. The Morgan fingerprint density at radius 1 is 0.929 bits per heavy atom. The van der Waals surface area contributed by atoms with E-state index in [0.717, 1.165) is 17.9 Å². The molecular weight excluding hydrogens is 172 g/mol. The van der Waals surface area contributed by atoms with Gasteiger partial charge in [-0.2, -0.15) is 0 Å². The molecule has 3 rings (SSSR count). The average molecular weight is 194 g/mol. The lowest BCUT2D eigenvalue weighted by atomic mass is 9.93. The van der Waals surface area contributed by atoms with Crippen molar-refractivity contribution in [1.29, 1.82) is 0 Å². The highest BCUT2D eigenvalue weighted by Gasteiger charge is 2.42. The molecule has 1 aliphatic heterocycles. The van der Waals surface area contributed by atoms with Gasteiger partial charge in [-0.15, -0.1) is 0 Å². The van der Waals surface area contributed by atoms with E-state index in [1.54, 1.807) is 6.42 Å². The molecule has 0 unspecified atom stereocenters. The van der Waals surface area contributed by atoms with Crippen LogP contribution in [0.25, 0.3) is 0 Å². The third-order valence-corrected chi connectivity index (χ3v) is 4.71. The summed E-state index contributed by atoms with van der Waals surface area (Å²) in [7, 11) is 2.25. The average Bonchev–Trinajstić information content (AvgIpc) is 2.80. The zero-order chi connectivity index (χ0) is 9.54.